The number of pyridine rings is 1. The number of nitrogens with zero attached hydrogens (tertiary/aromatic N) is 2. The highest BCUT2D eigenvalue weighted by Gasteiger charge is 2.23. The lowest BCUT2D eigenvalue weighted by molar-refractivity contribution is 0.468. The topological polar surface area (TPSA) is 28.2 Å². The van der Waals surface area contributed by atoms with E-state index in [1.165, 1.54) is 0 Å². The number of hydrogen-bond donors (Lipinski definition) is 1. The van der Waals surface area contributed by atoms with Gasteiger partial charge in [0.1, 0.15) is 0 Å². The van der Waals surface area contributed by atoms with Gasteiger partial charge in [-0.2, -0.15) is 0 Å². The van der Waals surface area contributed by atoms with Gasteiger partial charge in [-0.3, -0.25) is 0 Å². The van der Waals surface area contributed by atoms with E-state index in [2.05, 4.69) is 10.3 Å². The lowest BCUT2D eigenvalue weighted by atomic mass is 10.0. The summed E-state index contributed by atoms with van der Waals surface area (Å²) in [5.41, 5.74) is 0. The Labute approximate surface area is 99.8 Å². The van der Waals surface area contributed by atoms with Crippen LogP contribution < -0.4 is 10.2 Å². The number of rotatable bonds is 2. The number of hydrogen-bond acceptors (Lipinski definition) is 3. The van der Waals surface area contributed by atoms with Gasteiger partial charge in [-0.1, -0.05) is 0 Å². The van der Waals surface area contributed by atoms with Crippen LogP contribution >= 0.6 is 0 Å². The summed E-state index contributed by atoms with van der Waals surface area (Å²) in [5.74, 6) is -0.893. The fourth-order valence-electron chi connectivity index (χ4n) is 2.25. The molecule has 2 rings (SSSR count). The molecule has 94 valence electrons. The van der Waals surface area contributed by atoms with E-state index < -0.39 is 11.6 Å². The van der Waals surface area contributed by atoms with Crippen molar-refractivity contribution in [3.05, 3.63) is 17.7 Å². The molecular weight excluding hydrogens is 224 g/mol. The van der Waals surface area contributed by atoms with Gasteiger partial charge in [0.2, 0.25) is 0 Å². The van der Waals surface area contributed by atoms with Crippen LogP contribution in [0.2, 0.25) is 0 Å². The van der Waals surface area contributed by atoms with Crippen LogP contribution in [0.4, 0.5) is 20.4 Å². The van der Waals surface area contributed by atoms with Crippen molar-refractivity contribution in [2.75, 3.05) is 23.8 Å². The predicted octanol–water partition coefficient (Wildman–Crippen LogP) is 2.78. The van der Waals surface area contributed by atoms with Crippen LogP contribution in [0, 0.1) is 11.6 Å². The van der Waals surface area contributed by atoms with Crippen LogP contribution in [0.3, 0.4) is 0 Å². The molecule has 0 radical (unpaired) electrons. The molecule has 1 aromatic rings. The second-order valence-corrected chi connectivity index (χ2v) is 4.41. The third kappa shape index (κ3) is 2.33. The molecule has 1 unspecified atom stereocenters. The maximum atomic E-state index is 13.8. The first-order valence-corrected chi connectivity index (χ1v) is 5.94. The van der Waals surface area contributed by atoms with E-state index in [0.717, 1.165) is 31.9 Å². The molecule has 0 bridgehead atoms. The minimum Gasteiger partial charge on any atom is -0.371 e. The van der Waals surface area contributed by atoms with Gasteiger partial charge in [-0.15, -0.1) is 0 Å². The summed E-state index contributed by atoms with van der Waals surface area (Å²) in [7, 11) is 1.58. The number of nitrogens with one attached hydrogen (secondary N) is 1. The van der Waals surface area contributed by atoms with Crippen molar-refractivity contribution in [2.24, 2.45) is 0 Å². The van der Waals surface area contributed by atoms with Crippen molar-refractivity contribution in [1.82, 2.24) is 4.98 Å². The molecule has 0 spiro atoms. The van der Waals surface area contributed by atoms with Crippen molar-refractivity contribution in [1.29, 1.82) is 0 Å². The monoisotopic (exact) mass is 241 g/mol. The van der Waals surface area contributed by atoms with Gasteiger partial charge < -0.3 is 10.2 Å². The third-order valence-electron chi connectivity index (χ3n) is 3.22. The Kier molecular flexibility index (Phi) is 3.45. The first kappa shape index (κ1) is 12.1. The Morgan fingerprint density at radius 3 is 2.76 bits per heavy atom. The van der Waals surface area contributed by atoms with Gasteiger partial charge in [0, 0.05) is 25.7 Å². The summed E-state index contributed by atoms with van der Waals surface area (Å²) in [6.45, 7) is 2.82. The molecule has 1 fully saturated rings. The molecule has 1 atom stereocenters. The fraction of sp³-hybridized carbons (Fsp3) is 0.583. The van der Waals surface area contributed by atoms with E-state index in [1.54, 1.807) is 7.05 Å². The third-order valence-corrected chi connectivity index (χ3v) is 3.22. The van der Waals surface area contributed by atoms with Gasteiger partial charge >= 0.3 is 0 Å². The molecule has 1 aliphatic rings. The average Bonchev–Trinajstić information content (AvgIpc) is 2.31. The largest absolute Gasteiger partial charge is 0.371 e. The Balaban J connectivity index is 2.36. The van der Waals surface area contributed by atoms with Crippen LogP contribution in [-0.4, -0.2) is 24.6 Å². The Hall–Kier alpha value is -1.39. The lowest BCUT2D eigenvalue weighted by Gasteiger charge is -2.34. The van der Waals surface area contributed by atoms with Gasteiger partial charge in [-0.25, -0.2) is 13.8 Å². The van der Waals surface area contributed by atoms with E-state index in [1.807, 2.05) is 11.8 Å². The SMILES string of the molecule is CNc1nc(N2CCCCC2C)c(F)cc1F. The van der Waals surface area contributed by atoms with Crippen molar-refractivity contribution < 1.29 is 8.78 Å². The highest BCUT2D eigenvalue weighted by molar-refractivity contribution is 5.49. The molecule has 0 saturated carbocycles. The van der Waals surface area contributed by atoms with Gasteiger partial charge in [-0.05, 0) is 26.2 Å². The zero-order chi connectivity index (χ0) is 12.4. The Morgan fingerprint density at radius 1 is 1.35 bits per heavy atom. The minimum absolute atomic E-state index is 0.0965. The quantitative estimate of drug-likeness (QED) is 0.863. The van der Waals surface area contributed by atoms with Crippen LogP contribution in [0.1, 0.15) is 26.2 Å². The van der Waals surface area contributed by atoms with Gasteiger partial charge in [0.05, 0.1) is 0 Å². The van der Waals surface area contributed by atoms with E-state index >= 15 is 0 Å². The normalized spacial score (nSPS) is 20.5. The molecule has 0 aromatic carbocycles. The summed E-state index contributed by atoms with van der Waals surface area (Å²) >= 11 is 0. The van der Waals surface area contributed by atoms with Crippen LogP contribution in [0.5, 0.6) is 0 Å². The molecular formula is C12H17F2N3. The van der Waals surface area contributed by atoms with E-state index in [4.69, 9.17) is 0 Å². The molecule has 1 N–H and O–H groups in total. The molecule has 1 aromatic heterocycles. The maximum Gasteiger partial charge on any atom is 0.168 e. The molecule has 1 saturated heterocycles. The zero-order valence-electron chi connectivity index (χ0n) is 10.1. The summed E-state index contributed by atoms with van der Waals surface area (Å²) in [6, 6.07) is 1.15. The highest BCUT2D eigenvalue weighted by atomic mass is 19.1. The smallest absolute Gasteiger partial charge is 0.168 e. The second-order valence-electron chi connectivity index (χ2n) is 4.41. The molecule has 17 heavy (non-hydrogen) atoms. The highest BCUT2D eigenvalue weighted by Crippen LogP contribution is 2.27. The molecule has 3 nitrogen and oxygen atoms in total. The van der Waals surface area contributed by atoms with Crippen molar-refractivity contribution in [3.63, 3.8) is 0 Å². The minimum atomic E-state index is -0.654. The first-order valence-electron chi connectivity index (χ1n) is 5.94. The number of anilines is 2. The predicted molar refractivity (Wildman–Crippen MR) is 64.4 cm³/mol. The average molecular weight is 241 g/mol. The van der Waals surface area contributed by atoms with Crippen LogP contribution in [0.25, 0.3) is 0 Å². The summed E-state index contributed by atoms with van der Waals surface area (Å²) in [4.78, 5) is 5.94. The zero-order valence-corrected chi connectivity index (χ0v) is 10.1. The Morgan fingerprint density at radius 2 is 2.12 bits per heavy atom. The Bertz CT molecular complexity index is 409. The maximum absolute atomic E-state index is 13.8. The van der Waals surface area contributed by atoms with Crippen LogP contribution in [0.15, 0.2) is 6.07 Å². The van der Waals surface area contributed by atoms with E-state index in [-0.39, 0.29) is 17.7 Å². The van der Waals surface area contributed by atoms with Crippen molar-refractivity contribution >= 4 is 11.6 Å². The fourth-order valence-corrected chi connectivity index (χ4v) is 2.25. The lowest BCUT2D eigenvalue weighted by Crippen LogP contribution is -2.38. The second kappa shape index (κ2) is 4.85. The molecule has 0 amide bonds. The van der Waals surface area contributed by atoms with Crippen molar-refractivity contribution in [3.8, 4) is 0 Å². The van der Waals surface area contributed by atoms with Crippen LogP contribution in [-0.2, 0) is 0 Å². The molecule has 1 aliphatic heterocycles. The standard InChI is InChI=1S/C12H17F2N3/c1-8-5-3-4-6-17(8)12-10(14)7-9(13)11(15-2)16-12/h7-8H,3-6H2,1-2H3,(H,15,16). The van der Waals surface area contributed by atoms with Gasteiger partial charge in [0.15, 0.2) is 23.3 Å². The molecule has 0 aliphatic carbocycles. The number of halogens is 2. The first-order chi connectivity index (χ1) is 8.13. The molecule has 5 heteroatoms. The van der Waals surface area contributed by atoms with E-state index in [0.29, 0.717) is 0 Å². The summed E-state index contributed by atoms with van der Waals surface area (Å²) in [5, 5.41) is 2.64. The number of piperidine rings is 1. The number of aromatic nitrogens is 1. The summed E-state index contributed by atoms with van der Waals surface area (Å²) in [6.07, 6.45) is 3.20. The van der Waals surface area contributed by atoms with E-state index in [9.17, 15) is 8.78 Å². The molecule has 2 heterocycles. The van der Waals surface area contributed by atoms with Crippen molar-refractivity contribution in [2.45, 2.75) is 32.2 Å². The van der Waals surface area contributed by atoms with Gasteiger partial charge in [0.25, 0.3) is 0 Å². The summed E-state index contributed by atoms with van der Waals surface area (Å²) < 4.78 is 27.1.